The van der Waals surface area contributed by atoms with Crippen LogP contribution in [0.3, 0.4) is 0 Å². The molecule has 2 N–H and O–H groups in total. The lowest BCUT2D eigenvalue weighted by Gasteiger charge is -2.48. The molecule has 2 heteroatoms. The maximum Gasteiger partial charge on any atom is 0.0335 e. The number of rotatable bonds is 3. The molecule has 0 radical (unpaired) electrons. The summed E-state index contributed by atoms with van der Waals surface area (Å²) in [5.74, 6) is 1.57. The van der Waals surface area contributed by atoms with Gasteiger partial charge in [-0.05, 0) is 56.4 Å². The van der Waals surface area contributed by atoms with Gasteiger partial charge in [-0.15, -0.1) is 0 Å². The first-order valence-corrected chi connectivity index (χ1v) is 8.66. The van der Waals surface area contributed by atoms with E-state index >= 15 is 0 Å². The Morgan fingerprint density at radius 3 is 2.33 bits per heavy atom. The average molecular weight is 286 g/mol. The normalized spacial score (nSPS) is 37.8. The minimum absolute atomic E-state index is 0.273. The molecule has 2 aliphatic rings. The van der Waals surface area contributed by atoms with Crippen molar-refractivity contribution in [1.29, 1.82) is 0 Å². The minimum atomic E-state index is 0.273. The van der Waals surface area contributed by atoms with Crippen LogP contribution in [-0.2, 0) is 0 Å². The van der Waals surface area contributed by atoms with Crippen molar-refractivity contribution in [2.24, 2.45) is 11.7 Å². The molecule has 21 heavy (non-hydrogen) atoms. The molecule has 1 heterocycles. The molecule has 1 saturated heterocycles. The molecule has 2 nitrogen and oxygen atoms in total. The van der Waals surface area contributed by atoms with Gasteiger partial charge in [0.1, 0.15) is 0 Å². The Bertz CT molecular complexity index is 448. The van der Waals surface area contributed by atoms with Gasteiger partial charge in [0, 0.05) is 24.7 Å². The molecule has 116 valence electrons. The van der Waals surface area contributed by atoms with E-state index in [0.29, 0.717) is 6.04 Å². The van der Waals surface area contributed by atoms with Crippen LogP contribution in [0.5, 0.6) is 0 Å². The van der Waals surface area contributed by atoms with Crippen molar-refractivity contribution in [2.75, 3.05) is 13.1 Å². The zero-order valence-electron chi connectivity index (χ0n) is 13.6. The second-order valence-electron chi connectivity index (χ2n) is 7.46. The first-order chi connectivity index (χ1) is 10.1. The predicted molar refractivity (Wildman–Crippen MR) is 89.4 cm³/mol. The van der Waals surface area contributed by atoms with E-state index in [9.17, 15) is 0 Å². The summed E-state index contributed by atoms with van der Waals surface area (Å²) in [5.41, 5.74) is 8.06. The third-order valence-electron chi connectivity index (χ3n) is 5.96. The zero-order chi connectivity index (χ0) is 14.9. The van der Waals surface area contributed by atoms with Crippen LogP contribution < -0.4 is 5.73 Å². The average Bonchev–Trinajstić information content (AvgIpc) is 2.87. The van der Waals surface area contributed by atoms with E-state index in [4.69, 9.17) is 5.73 Å². The highest BCUT2D eigenvalue weighted by Crippen LogP contribution is 2.43. The largest absolute Gasteiger partial charge is 0.329 e. The van der Waals surface area contributed by atoms with E-state index in [1.165, 1.54) is 44.2 Å². The van der Waals surface area contributed by atoms with Crippen LogP contribution in [0.15, 0.2) is 30.3 Å². The Labute approximate surface area is 129 Å². The molecule has 2 unspecified atom stereocenters. The Hall–Kier alpha value is -0.860. The molecule has 1 saturated carbocycles. The third kappa shape index (κ3) is 2.89. The van der Waals surface area contributed by atoms with Crippen LogP contribution >= 0.6 is 0 Å². The van der Waals surface area contributed by atoms with E-state index in [-0.39, 0.29) is 5.54 Å². The van der Waals surface area contributed by atoms with Crippen molar-refractivity contribution in [1.82, 2.24) is 4.90 Å². The molecule has 1 aliphatic carbocycles. The summed E-state index contributed by atoms with van der Waals surface area (Å²) < 4.78 is 0. The van der Waals surface area contributed by atoms with Crippen LogP contribution in [0.25, 0.3) is 0 Å². The van der Waals surface area contributed by atoms with Crippen molar-refractivity contribution >= 4 is 0 Å². The van der Waals surface area contributed by atoms with E-state index in [1.807, 2.05) is 0 Å². The van der Waals surface area contributed by atoms with Gasteiger partial charge in [-0.25, -0.2) is 0 Å². The van der Waals surface area contributed by atoms with Gasteiger partial charge in [0.2, 0.25) is 0 Å². The minimum Gasteiger partial charge on any atom is -0.329 e. The Morgan fingerprint density at radius 2 is 1.81 bits per heavy atom. The summed E-state index contributed by atoms with van der Waals surface area (Å²) in [6.45, 7) is 6.85. The molecule has 2 atom stereocenters. The molecule has 3 rings (SSSR count). The summed E-state index contributed by atoms with van der Waals surface area (Å²) in [7, 11) is 0. The number of hydrogen-bond donors (Lipinski definition) is 1. The Balaban J connectivity index is 1.70. The van der Waals surface area contributed by atoms with Crippen LogP contribution in [0.2, 0.25) is 0 Å². The van der Waals surface area contributed by atoms with Crippen LogP contribution in [-0.4, -0.2) is 29.6 Å². The lowest BCUT2D eigenvalue weighted by Crippen LogP contribution is -2.56. The zero-order valence-corrected chi connectivity index (χ0v) is 13.6. The second-order valence-corrected chi connectivity index (χ2v) is 7.46. The molecular formula is C19H30N2. The van der Waals surface area contributed by atoms with E-state index in [2.05, 4.69) is 49.1 Å². The van der Waals surface area contributed by atoms with Gasteiger partial charge < -0.3 is 5.73 Å². The molecule has 0 bridgehead atoms. The van der Waals surface area contributed by atoms with Gasteiger partial charge in [-0.3, -0.25) is 4.90 Å². The van der Waals surface area contributed by atoms with Crippen molar-refractivity contribution in [3.8, 4) is 0 Å². The van der Waals surface area contributed by atoms with Crippen molar-refractivity contribution in [3.63, 3.8) is 0 Å². The van der Waals surface area contributed by atoms with Crippen LogP contribution in [0.1, 0.15) is 57.4 Å². The maximum absolute atomic E-state index is 6.27. The molecule has 0 aromatic heterocycles. The smallest absolute Gasteiger partial charge is 0.0335 e. The van der Waals surface area contributed by atoms with Gasteiger partial charge in [0.15, 0.2) is 0 Å². The molecule has 0 spiro atoms. The van der Waals surface area contributed by atoms with E-state index in [0.717, 1.165) is 18.4 Å². The highest BCUT2D eigenvalue weighted by Gasteiger charge is 2.44. The number of likely N-dealkylation sites (tertiary alicyclic amines) is 1. The molecule has 0 amide bonds. The SMILES string of the molecule is CC1CC(C)N(C2(CN)CCC(c3ccccc3)CC2)C1. The maximum atomic E-state index is 6.27. The topological polar surface area (TPSA) is 29.3 Å². The van der Waals surface area contributed by atoms with E-state index < -0.39 is 0 Å². The van der Waals surface area contributed by atoms with Crippen molar-refractivity contribution in [2.45, 2.75) is 63.5 Å². The van der Waals surface area contributed by atoms with Crippen molar-refractivity contribution < 1.29 is 0 Å². The highest BCUT2D eigenvalue weighted by atomic mass is 15.3. The highest BCUT2D eigenvalue weighted by molar-refractivity contribution is 5.21. The number of nitrogens with zero attached hydrogens (tertiary/aromatic N) is 1. The van der Waals surface area contributed by atoms with Crippen LogP contribution in [0.4, 0.5) is 0 Å². The lowest BCUT2D eigenvalue weighted by atomic mass is 9.73. The standard InChI is InChI=1S/C19H30N2/c1-15-12-16(2)21(13-15)19(14-20)10-8-18(9-11-19)17-6-4-3-5-7-17/h3-7,15-16,18H,8-14,20H2,1-2H3. The monoisotopic (exact) mass is 286 g/mol. The molecule has 1 aromatic rings. The third-order valence-corrected chi connectivity index (χ3v) is 5.96. The first-order valence-electron chi connectivity index (χ1n) is 8.66. The van der Waals surface area contributed by atoms with Crippen molar-refractivity contribution in [3.05, 3.63) is 35.9 Å². The van der Waals surface area contributed by atoms with Crippen LogP contribution in [0, 0.1) is 5.92 Å². The van der Waals surface area contributed by atoms with Gasteiger partial charge in [0.05, 0.1) is 0 Å². The fraction of sp³-hybridized carbons (Fsp3) is 0.684. The van der Waals surface area contributed by atoms with Gasteiger partial charge in [0.25, 0.3) is 0 Å². The van der Waals surface area contributed by atoms with E-state index in [1.54, 1.807) is 0 Å². The summed E-state index contributed by atoms with van der Waals surface area (Å²) >= 11 is 0. The number of hydrogen-bond acceptors (Lipinski definition) is 2. The summed E-state index contributed by atoms with van der Waals surface area (Å²) in [5, 5.41) is 0. The molecule has 1 aliphatic heterocycles. The Kier molecular flexibility index (Phi) is 4.37. The summed E-state index contributed by atoms with van der Waals surface area (Å²) in [6.07, 6.45) is 6.45. The fourth-order valence-corrected chi connectivity index (χ4v) is 4.78. The Morgan fingerprint density at radius 1 is 1.14 bits per heavy atom. The molecule has 1 aromatic carbocycles. The summed E-state index contributed by atoms with van der Waals surface area (Å²) in [4.78, 5) is 2.75. The first kappa shape index (κ1) is 15.1. The van der Waals surface area contributed by atoms with Gasteiger partial charge in [-0.2, -0.15) is 0 Å². The lowest BCUT2D eigenvalue weighted by molar-refractivity contribution is 0.0442. The fourth-order valence-electron chi connectivity index (χ4n) is 4.78. The molecular weight excluding hydrogens is 256 g/mol. The second kappa shape index (κ2) is 6.10. The molecule has 2 fully saturated rings. The quantitative estimate of drug-likeness (QED) is 0.916. The predicted octanol–water partition coefficient (Wildman–Crippen LogP) is 3.77. The number of nitrogens with two attached hydrogens (primary N) is 1. The number of benzene rings is 1. The van der Waals surface area contributed by atoms with Gasteiger partial charge >= 0.3 is 0 Å². The van der Waals surface area contributed by atoms with Gasteiger partial charge in [-0.1, -0.05) is 37.3 Å². The summed E-state index contributed by atoms with van der Waals surface area (Å²) in [6, 6.07) is 11.7.